The van der Waals surface area contributed by atoms with E-state index >= 15 is 0 Å². The van der Waals surface area contributed by atoms with Crippen molar-refractivity contribution in [3.63, 3.8) is 0 Å². The zero-order chi connectivity index (χ0) is 20.1. The average molecular weight is 401 g/mol. The van der Waals surface area contributed by atoms with Crippen molar-refractivity contribution in [1.29, 1.82) is 0 Å². The van der Waals surface area contributed by atoms with Crippen LogP contribution in [0.25, 0.3) is 6.08 Å². The highest BCUT2D eigenvalue weighted by Crippen LogP contribution is 2.25. The van der Waals surface area contributed by atoms with Crippen LogP contribution < -0.4 is 0 Å². The van der Waals surface area contributed by atoms with Crippen molar-refractivity contribution in [3.8, 4) is 0 Å². The molecule has 8 heteroatoms. The van der Waals surface area contributed by atoms with Crippen LogP contribution in [0.2, 0.25) is 0 Å². The maximum atomic E-state index is 12.8. The monoisotopic (exact) mass is 401 g/mol. The summed E-state index contributed by atoms with van der Waals surface area (Å²) in [4.78, 5) is 12.7. The van der Waals surface area contributed by atoms with E-state index < -0.39 is 14.9 Å². The highest BCUT2D eigenvalue weighted by molar-refractivity contribution is 7.89. The minimum absolute atomic E-state index is 0.0257. The summed E-state index contributed by atoms with van der Waals surface area (Å²) in [7, 11) is -3.74. The molecule has 2 aromatic carbocycles. The number of nitro benzene ring substituents is 1. The number of nitrogens with zero attached hydrogens (tertiary/aromatic N) is 3. The van der Waals surface area contributed by atoms with Crippen molar-refractivity contribution >= 4 is 21.8 Å². The first-order valence-corrected chi connectivity index (χ1v) is 10.5. The molecule has 3 rings (SSSR count). The Morgan fingerprint density at radius 2 is 1.75 bits per heavy atom. The Hall–Kier alpha value is -2.55. The Bertz CT molecular complexity index is 966. The van der Waals surface area contributed by atoms with Crippen LogP contribution in [0.5, 0.6) is 0 Å². The molecule has 0 bridgehead atoms. The van der Waals surface area contributed by atoms with Crippen molar-refractivity contribution in [2.24, 2.45) is 0 Å². The van der Waals surface area contributed by atoms with E-state index in [0.29, 0.717) is 31.7 Å². The van der Waals surface area contributed by atoms with E-state index in [1.54, 1.807) is 6.92 Å². The van der Waals surface area contributed by atoms with Crippen molar-refractivity contribution < 1.29 is 13.3 Å². The summed E-state index contributed by atoms with van der Waals surface area (Å²) in [5, 5.41) is 11.1. The topological polar surface area (TPSA) is 83.8 Å². The van der Waals surface area contributed by atoms with Crippen molar-refractivity contribution in [3.05, 3.63) is 75.8 Å². The number of sulfonamides is 1. The third kappa shape index (κ3) is 4.64. The molecule has 2 aromatic rings. The molecule has 0 spiro atoms. The van der Waals surface area contributed by atoms with Gasteiger partial charge >= 0.3 is 0 Å². The molecule has 0 aromatic heterocycles. The second-order valence-electron chi connectivity index (χ2n) is 6.72. The quantitative estimate of drug-likeness (QED) is 0.549. The molecule has 0 N–H and O–H groups in total. The fraction of sp³-hybridized carbons (Fsp3) is 0.300. The van der Waals surface area contributed by atoms with Crippen LogP contribution in [0.3, 0.4) is 0 Å². The number of hydrogen-bond donors (Lipinski definition) is 0. The Labute approximate surface area is 165 Å². The molecule has 28 heavy (non-hydrogen) atoms. The summed E-state index contributed by atoms with van der Waals surface area (Å²) in [6.07, 6.45) is 4.12. The molecule has 1 fully saturated rings. The van der Waals surface area contributed by atoms with E-state index in [-0.39, 0.29) is 10.6 Å². The molecular formula is C20H23N3O4S. The predicted molar refractivity (Wildman–Crippen MR) is 109 cm³/mol. The Kier molecular flexibility index (Phi) is 6.23. The van der Waals surface area contributed by atoms with E-state index in [4.69, 9.17) is 0 Å². The number of benzene rings is 2. The van der Waals surface area contributed by atoms with Gasteiger partial charge in [-0.1, -0.05) is 48.6 Å². The van der Waals surface area contributed by atoms with E-state index in [1.165, 1.54) is 16.4 Å². The third-order valence-electron chi connectivity index (χ3n) is 4.82. The summed E-state index contributed by atoms with van der Waals surface area (Å²) in [6.45, 7) is 4.31. The normalized spacial score (nSPS) is 16.5. The lowest BCUT2D eigenvalue weighted by atomic mass is 10.2. The van der Waals surface area contributed by atoms with Crippen LogP contribution in [0.4, 0.5) is 5.69 Å². The van der Waals surface area contributed by atoms with Crippen LogP contribution >= 0.6 is 0 Å². The van der Waals surface area contributed by atoms with Gasteiger partial charge in [-0.3, -0.25) is 15.0 Å². The van der Waals surface area contributed by atoms with Gasteiger partial charge in [-0.2, -0.15) is 4.31 Å². The zero-order valence-corrected chi connectivity index (χ0v) is 16.5. The molecule has 1 heterocycles. The average Bonchev–Trinajstić information content (AvgIpc) is 2.69. The van der Waals surface area contributed by atoms with E-state index in [2.05, 4.69) is 17.1 Å². The van der Waals surface area contributed by atoms with Gasteiger partial charge in [0, 0.05) is 44.4 Å². The van der Waals surface area contributed by atoms with Gasteiger partial charge in [-0.25, -0.2) is 8.42 Å². The second-order valence-corrected chi connectivity index (χ2v) is 8.66. The van der Waals surface area contributed by atoms with Gasteiger partial charge in [0.05, 0.1) is 9.82 Å². The van der Waals surface area contributed by atoms with Crippen LogP contribution in [0, 0.1) is 17.0 Å². The molecule has 1 aliphatic heterocycles. The van der Waals surface area contributed by atoms with Gasteiger partial charge < -0.3 is 0 Å². The Morgan fingerprint density at radius 3 is 2.39 bits per heavy atom. The van der Waals surface area contributed by atoms with E-state index in [9.17, 15) is 18.5 Å². The summed E-state index contributed by atoms with van der Waals surface area (Å²) in [5.74, 6) is 0. The molecule has 148 valence electrons. The lowest BCUT2D eigenvalue weighted by Gasteiger charge is -2.33. The fourth-order valence-corrected chi connectivity index (χ4v) is 4.59. The van der Waals surface area contributed by atoms with Crippen LogP contribution in [-0.2, 0) is 10.0 Å². The molecule has 1 saturated heterocycles. The van der Waals surface area contributed by atoms with Gasteiger partial charge in [-0.15, -0.1) is 0 Å². The smallest absolute Gasteiger partial charge is 0.273 e. The number of hydrogen-bond acceptors (Lipinski definition) is 5. The molecule has 0 amide bonds. The molecule has 0 atom stereocenters. The molecule has 0 unspecified atom stereocenters. The summed E-state index contributed by atoms with van der Waals surface area (Å²) in [5.41, 5.74) is 1.40. The highest BCUT2D eigenvalue weighted by atomic mass is 32.2. The first-order chi connectivity index (χ1) is 13.4. The standard InChI is InChI=1S/C20H23N3O4S/c1-17-9-10-19(16-20(17)23(24)25)28(26,27)22-14-12-21(13-15-22)11-5-8-18-6-3-2-4-7-18/h2-10,16H,11-15H2,1H3/b8-5-. The lowest BCUT2D eigenvalue weighted by molar-refractivity contribution is -0.385. The molecule has 7 nitrogen and oxygen atoms in total. The van der Waals surface area contributed by atoms with Crippen molar-refractivity contribution in [1.82, 2.24) is 9.21 Å². The molecule has 0 saturated carbocycles. The molecule has 0 radical (unpaired) electrons. The zero-order valence-electron chi connectivity index (χ0n) is 15.7. The lowest BCUT2D eigenvalue weighted by Crippen LogP contribution is -2.48. The van der Waals surface area contributed by atoms with Gasteiger partial charge in [-0.05, 0) is 18.6 Å². The third-order valence-corrected chi connectivity index (χ3v) is 6.71. The van der Waals surface area contributed by atoms with Gasteiger partial charge in [0.15, 0.2) is 0 Å². The van der Waals surface area contributed by atoms with Crippen LogP contribution in [0.1, 0.15) is 11.1 Å². The highest BCUT2D eigenvalue weighted by Gasteiger charge is 2.29. The minimum Gasteiger partial charge on any atom is -0.297 e. The maximum absolute atomic E-state index is 12.8. The first-order valence-electron chi connectivity index (χ1n) is 9.07. The maximum Gasteiger partial charge on any atom is 0.273 e. The molecule has 0 aliphatic carbocycles. The number of aryl methyl sites for hydroxylation is 1. The van der Waals surface area contributed by atoms with Gasteiger partial charge in [0.2, 0.25) is 10.0 Å². The second kappa shape index (κ2) is 8.64. The predicted octanol–water partition coefficient (Wildman–Crippen LogP) is 2.92. The summed E-state index contributed by atoms with van der Waals surface area (Å²) < 4.78 is 27.1. The van der Waals surface area contributed by atoms with Crippen molar-refractivity contribution in [2.75, 3.05) is 32.7 Å². The van der Waals surface area contributed by atoms with Gasteiger partial charge in [0.1, 0.15) is 0 Å². The summed E-state index contributed by atoms with van der Waals surface area (Å²) >= 11 is 0. The summed E-state index contributed by atoms with van der Waals surface area (Å²) in [6, 6.07) is 14.1. The molecule has 1 aliphatic rings. The number of nitro groups is 1. The largest absolute Gasteiger partial charge is 0.297 e. The SMILES string of the molecule is Cc1ccc(S(=O)(=O)N2CCN(C/C=C\c3ccccc3)CC2)cc1[N+](=O)[O-]. The Balaban J connectivity index is 1.61. The van der Waals surface area contributed by atoms with Crippen molar-refractivity contribution in [2.45, 2.75) is 11.8 Å². The Morgan fingerprint density at radius 1 is 1.07 bits per heavy atom. The van der Waals surface area contributed by atoms with Crippen LogP contribution in [-0.4, -0.2) is 55.3 Å². The number of rotatable bonds is 6. The minimum atomic E-state index is -3.74. The van der Waals surface area contributed by atoms with Crippen LogP contribution in [0.15, 0.2) is 59.5 Å². The first kappa shape index (κ1) is 20.2. The molecular weight excluding hydrogens is 378 g/mol. The number of piperazine rings is 1. The van der Waals surface area contributed by atoms with E-state index in [1.807, 2.05) is 30.3 Å². The van der Waals surface area contributed by atoms with Gasteiger partial charge in [0.25, 0.3) is 5.69 Å². The van der Waals surface area contributed by atoms with E-state index in [0.717, 1.165) is 18.2 Å². The fourth-order valence-electron chi connectivity index (χ4n) is 3.15.